The number of piperazine rings is 1. The summed E-state index contributed by atoms with van der Waals surface area (Å²) in [7, 11) is 0. The van der Waals surface area contributed by atoms with Gasteiger partial charge >= 0.3 is 0 Å². The topological polar surface area (TPSA) is 77.8 Å². The zero-order valence-corrected chi connectivity index (χ0v) is 17.2. The van der Waals surface area contributed by atoms with Gasteiger partial charge in [-0.1, -0.05) is 6.92 Å². The largest absolute Gasteiger partial charge is 0.465 e. The Balaban J connectivity index is 1.43. The van der Waals surface area contributed by atoms with E-state index in [4.69, 9.17) is 4.42 Å². The SMILES string of the molecule is CCN1CCC(CCNC(=O)CC2C(=O)NCCN2Cc2ccc(C)o2)CC1. The lowest BCUT2D eigenvalue weighted by Gasteiger charge is -2.34. The first-order valence-corrected chi connectivity index (χ1v) is 10.6. The molecule has 0 aliphatic carbocycles. The number of carbonyl (C=O) groups is 2. The summed E-state index contributed by atoms with van der Waals surface area (Å²) in [5, 5.41) is 5.91. The molecule has 2 N–H and O–H groups in total. The molecular formula is C21H34N4O3. The van der Waals surface area contributed by atoms with E-state index in [-0.39, 0.29) is 18.2 Å². The first kappa shape index (κ1) is 20.9. The Morgan fingerprint density at radius 2 is 2.07 bits per heavy atom. The van der Waals surface area contributed by atoms with Crippen molar-refractivity contribution in [2.24, 2.45) is 5.92 Å². The van der Waals surface area contributed by atoms with Crippen LogP contribution in [0.4, 0.5) is 0 Å². The van der Waals surface area contributed by atoms with E-state index < -0.39 is 6.04 Å². The van der Waals surface area contributed by atoms with E-state index in [2.05, 4.69) is 22.5 Å². The van der Waals surface area contributed by atoms with Crippen molar-refractivity contribution in [3.05, 3.63) is 23.7 Å². The van der Waals surface area contributed by atoms with Crippen LogP contribution in [0.5, 0.6) is 0 Å². The van der Waals surface area contributed by atoms with E-state index in [1.807, 2.05) is 24.0 Å². The summed E-state index contributed by atoms with van der Waals surface area (Å²) in [5.41, 5.74) is 0. The molecule has 28 heavy (non-hydrogen) atoms. The number of furan rings is 1. The monoisotopic (exact) mass is 390 g/mol. The lowest BCUT2D eigenvalue weighted by molar-refractivity contribution is -0.134. The maximum absolute atomic E-state index is 12.4. The van der Waals surface area contributed by atoms with Gasteiger partial charge < -0.3 is 20.0 Å². The number of aryl methyl sites for hydroxylation is 1. The van der Waals surface area contributed by atoms with Crippen LogP contribution in [0.15, 0.2) is 16.5 Å². The van der Waals surface area contributed by atoms with Crippen molar-refractivity contribution in [3.63, 3.8) is 0 Å². The van der Waals surface area contributed by atoms with Gasteiger partial charge in [-0.15, -0.1) is 0 Å². The summed E-state index contributed by atoms with van der Waals surface area (Å²) in [6.07, 6.45) is 3.64. The number of piperidine rings is 1. The Kier molecular flexibility index (Phi) is 7.50. The minimum Gasteiger partial charge on any atom is -0.465 e. The highest BCUT2D eigenvalue weighted by Crippen LogP contribution is 2.20. The molecule has 7 nitrogen and oxygen atoms in total. The van der Waals surface area contributed by atoms with E-state index in [0.29, 0.717) is 25.6 Å². The fourth-order valence-electron chi connectivity index (χ4n) is 4.20. The van der Waals surface area contributed by atoms with E-state index in [1.54, 1.807) is 0 Å². The summed E-state index contributed by atoms with van der Waals surface area (Å²) < 4.78 is 5.65. The summed E-state index contributed by atoms with van der Waals surface area (Å²) >= 11 is 0. The second-order valence-electron chi connectivity index (χ2n) is 8.01. The van der Waals surface area contributed by atoms with Gasteiger partial charge in [-0.25, -0.2) is 0 Å². The van der Waals surface area contributed by atoms with Gasteiger partial charge in [0.15, 0.2) is 0 Å². The smallest absolute Gasteiger partial charge is 0.237 e. The number of nitrogens with one attached hydrogen (secondary N) is 2. The quantitative estimate of drug-likeness (QED) is 0.704. The Bertz CT molecular complexity index is 652. The van der Waals surface area contributed by atoms with Gasteiger partial charge in [-0.05, 0) is 63.9 Å². The Morgan fingerprint density at radius 3 is 2.75 bits per heavy atom. The molecule has 2 fully saturated rings. The molecule has 0 saturated carbocycles. The standard InChI is InChI=1S/C21H34N4O3/c1-3-24-11-7-17(8-12-24)6-9-22-20(26)14-19-21(27)23-10-13-25(19)15-18-5-4-16(2)28-18/h4-5,17,19H,3,6-15H2,1-2H3,(H,22,26)(H,23,27). The van der Waals surface area contributed by atoms with E-state index >= 15 is 0 Å². The molecular weight excluding hydrogens is 356 g/mol. The number of likely N-dealkylation sites (tertiary alicyclic amines) is 1. The molecule has 1 atom stereocenters. The zero-order valence-electron chi connectivity index (χ0n) is 17.2. The summed E-state index contributed by atoms with van der Waals surface area (Å²) in [4.78, 5) is 29.3. The van der Waals surface area contributed by atoms with Crippen LogP contribution < -0.4 is 10.6 Å². The number of amides is 2. The Labute approximate surface area is 167 Å². The molecule has 1 aromatic rings. The van der Waals surface area contributed by atoms with Gasteiger partial charge in [0.05, 0.1) is 19.0 Å². The number of nitrogens with zero attached hydrogens (tertiary/aromatic N) is 2. The molecule has 2 aliphatic heterocycles. The molecule has 2 amide bonds. The second-order valence-corrected chi connectivity index (χ2v) is 8.01. The van der Waals surface area contributed by atoms with E-state index in [1.165, 1.54) is 25.9 Å². The van der Waals surface area contributed by atoms with Crippen molar-refractivity contribution in [3.8, 4) is 0 Å². The number of hydrogen-bond donors (Lipinski definition) is 2. The third-order valence-corrected chi connectivity index (χ3v) is 6.00. The molecule has 156 valence electrons. The minimum absolute atomic E-state index is 0.0475. The van der Waals surface area contributed by atoms with Crippen LogP contribution in [0, 0.1) is 12.8 Å². The van der Waals surface area contributed by atoms with Crippen LogP contribution in [0.3, 0.4) is 0 Å². The van der Waals surface area contributed by atoms with Crippen LogP contribution in [0.25, 0.3) is 0 Å². The van der Waals surface area contributed by atoms with E-state index in [9.17, 15) is 9.59 Å². The molecule has 0 radical (unpaired) electrons. The summed E-state index contributed by atoms with van der Waals surface area (Å²) in [5.74, 6) is 2.26. The molecule has 1 aromatic heterocycles. The van der Waals surface area contributed by atoms with Gasteiger partial charge in [0.2, 0.25) is 11.8 Å². The van der Waals surface area contributed by atoms with Crippen LogP contribution in [-0.4, -0.2) is 66.9 Å². The fourth-order valence-corrected chi connectivity index (χ4v) is 4.20. The predicted molar refractivity (Wildman–Crippen MR) is 108 cm³/mol. The maximum atomic E-state index is 12.4. The lowest BCUT2D eigenvalue weighted by atomic mass is 9.93. The molecule has 7 heteroatoms. The van der Waals surface area contributed by atoms with Crippen molar-refractivity contribution >= 4 is 11.8 Å². The first-order valence-electron chi connectivity index (χ1n) is 10.6. The third-order valence-electron chi connectivity index (χ3n) is 6.00. The molecule has 2 saturated heterocycles. The lowest BCUT2D eigenvalue weighted by Crippen LogP contribution is -2.56. The van der Waals surface area contributed by atoms with Crippen LogP contribution in [0.1, 0.15) is 44.1 Å². The molecule has 0 aromatic carbocycles. The summed E-state index contributed by atoms with van der Waals surface area (Å²) in [6, 6.07) is 3.42. The van der Waals surface area contributed by atoms with Gasteiger partial charge in [0, 0.05) is 19.6 Å². The minimum atomic E-state index is -0.438. The van der Waals surface area contributed by atoms with Crippen molar-refractivity contribution < 1.29 is 14.0 Å². The van der Waals surface area contributed by atoms with Gasteiger partial charge in [-0.3, -0.25) is 14.5 Å². The molecule has 3 rings (SSSR count). The van der Waals surface area contributed by atoms with Crippen molar-refractivity contribution in [1.82, 2.24) is 20.4 Å². The van der Waals surface area contributed by atoms with Gasteiger partial charge in [0.25, 0.3) is 0 Å². The fraction of sp³-hybridized carbons (Fsp3) is 0.714. The van der Waals surface area contributed by atoms with Crippen LogP contribution in [-0.2, 0) is 16.1 Å². The summed E-state index contributed by atoms with van der Waals surface area (Å²) in [6.45, 7) is 10.1. The third kappa shape index (κ3) is 5.82. The Hall–Kier alpha value is -1.86. The van der Waals surface area contributed by atoms with Crippen LogP contribution >= 0.6 is 0 Å². The Morgan fingerprint density at radius 1 is 1.29 bits per heavy atom. The van der Waals surface area contributed by atoms with E-state index in [0.717, 1.165) is 31.0 Å². The van der Waals surface area contributed by atoms with Crippen LogP contribution in [0.2, 0.25) is 0 Å². The highest BCUT2D eigenvalue weighted by molar-refractivity contribution is 5.88. The van der Waals surface area contributed by atoms with Gasteiger partial charge in [-0.2, -0.15) is 0 Å². The molecule has 3 heterocycles. The molecule has 0 spiro atoms. The first-order chi connectivity index (χ1) is 13.5. The average molecular weight is 391 g/mol. The zero-order chi connectivity index (χ0) is 19.9. The molecule has 1 unspecified atom stereocenters. The maximum Gasteiger partial charge on any atom is 0.237 e. The number of rotatable bonds is 8. The normalized spacial score (nSPS) is 22.2. The van der Waals surface area contributed by atoms with Crippen molar-refractivity contribution in [2.75, 3.05) is 39.3 Å². The second kappa shape index (κ2) is 10.1. The van der Waals surface area contributed by atoms with Crippen molar-refractivity contribution in [1.29, 1.82) is 0 Å². The molecule has 0 bridgehead atoms. The van der Waals surface area contributed by atoms with Gasteiger partial charge in [0.1, 0.15) is 11.5 Å². The molecule has 2 aliphatic rings. The number of hydrogen-bond acceptors (Lipinski definition) is 5. The van der Waals surface area contributed by atoms with Crippen molar-refractivity contribution in [2.45, 2.75) is 52.1 Å². The highest BCUT2D eigenvalue weighted by Gasteiger charge is 2.32. The number of carbonyl (C=O) groups excluding carboxylic acids is 2. The highest BCUT2D eigenvalue weighted by atomic mass is 16.3. The predicted octanol–water partition coefficient (Wildman–Crippen LogP) is 1.52. The average Bonchev–Trinajstić information content (AvgIpc) is 3.10.